The van der Waals surface area contributed by atoms with Crippen molar-refractivity contribution in [3.63, 3.8) is 0 Å². The Kier molecular flexibility index (Phi) is 2.60. The molecule has 2 heteroatoms. The summed E-state index contributed by atoms with van der Waals surface area (Å²) in [5.74, 6) is 4.57. The summed E-state index contributed by atoms with van der Waals surface area (Å²) < 4.78 is 4.78. The van der Waals surface area contributed by atoms with Crippen molar-refractivity contribution < 1.29 is 21.2 Å². The van der Waals surface area contributed by atoms with Crippen LogP contribution in [0.2, 0.25) is 3.98 Å². The summed E-state index contributed by atoms with van der Waals surface area (Å²) in [5, 5.41) is 0. The Balaban J connectivity index is 1.63. The average Bonchev–Trinajstić information content (AvgIpc) is 2.63. The number of halogens is 1. The van der Waals surface area contributed by atoms with Crippen LogP contribution in [0.25, 0.3) is 0 Å². The maximum absolute atomic E-state index is 2.62. The Bertz CT molecular complexity index is 375. The van der Waals surface area contributed by atoms with E-state index in [1.807, 2.05) is 11.1 Å². The number of hydrogen-bond acceptors (Lipinski definition) is 0. The van der Waals surface area contributed by atoms with Crippen LogP contribution < -0.4 is 21.2 Å². The Labute approximate surface area is 125 Å². The van der Waals surface area contributed by atoms with E-state index in [0.717, 1.165) is 17.3 Å². The second-order valence-corrected chi connectivity index (χ2v) is 10.9. The Morgan fingerprint density at radius 2 is 2.31 bits per heavy atom. The molecule has 0 nitrogen and oxygen atoms in total. The molecule has 4 rings (SSSR count). The van der Waals surface area contributed by atoms with Crippen molar-refractivity contribution in [2.45, 2.75) is 30.2 Å². The first-order valence-electron chi connectivity index (χ1n) is 6.70. The monoisotopic (exact) mass is 519 g/mol. The summed E-state index contributed by atoms with van der Waals surface area (Å²) in [7, 11) is 0. The fourth-order valence-corrected chi connectivity index (χ4v) is 11.8. The molecule has 2 fully saturated rings. The third kappa shape index (κ3) is 1.31. The molecule has 4 aliphatic rings. The van der Waals surface area contributed by atoms with Gasteiger partial charge in [-0.2, -0.15) is 0 Å². The first kappa shape index (κ1) is 11.2. The molecule has 1 heterocycles. The molecule has 0 aromatic carbocycles. The molecule has 0 aromatic rings. The fourth-order valence-electron chi connectivity index (χ4n) is 5.16. The second kappa shape index (κ2) is 3.70. The number of alkyl halides is 2. The van der Waals surface area contributed by atoms with Crippen LogP contribution in [0.1, 0.15) is 26.2 Å². The molecule has 0 saturated heterocycles. The zero-order chi connectivity index (χ0) is 10.9. The average molecular weight is 519 g/mol. The summed E-state index contributed by atoms with van der Waals surface area (Å²) in [4.78, 5) is 0. The zero-order valence-corrected chi connectivity index (χ0v) is 16.7. The zero-order valence-electron chi connectivity index (χ0n) is 10.0. The Morgan fingerprint density at radius 3 is 3.12 bits per heavy atom. The van der Waals surface area contributed by atoms with Gasteiger partial charge in [-0.15, -0.1) is 0 Å². The predicted octanol–water partition coefficient (Wildman–Crippen LogP) is -0.345. The number of rotatable bonds is 1. The van der Waals surface area contributed by atoms with Gasteiger partial charge in [0.15, 0.2) is 0 Å². The van der Waals surface area contributed by atoms with Crippen LogP contribution in [0.3, 0.4) is 0 Å². The van der Waals surface area contributed by atoms with Crippen molar-refractivity contribution in [1.82, 2.24) is 0 Å². The Morgan fingerprint density at radius 1 is 1.44 bits per heavy atom. The minimum absolute atomic E-state index is 0.578. The second-order valence-electron chi connectivity index (χ2n) is 6.47. The molecular weight excluding hydrogens is 499 g/mol. The van der Waals surface area contributed by atoms with Gasteiger partial charge in [0.1, 0.15) is 0 Å². The van der Waals surface area contributed by atoms with Crippen LogP contribution in [0.5, 0.6) is 0 Å². The van der Waals surface area contributed by atoms with Gasteiger partial charge < -0.3 is 0 Å². The molecule has 0 spiro atoms. The maximum atomic E-state index is 2.62. The van der Waals surface area contributed by atoms with E-state index in [1.54, 1.807) is 32.1 Å². The molecule has 0 N–H and O–H groups in total. The number of fused-ring (bicyclic) bond motifs is 4. The van der Waals surface area contributed by atoms with Gasteiger partial charge >= 0.3 is 126 Å². The summed E-state index contributed by atoms with van der Waals surface area (Å²) >= 11 is 1.82. The van der Waals surface area contributed by atoms with Gasteiger partial charge in [0.05, 0.1) is 0 Å². The number of allylic oxidation sites excluding steroid dienone is 2. The summed E-state index contributed by atoms with van der Waals surface area (Å²) in [5.41, 5.74) is 4.82. The fraction of sp³-hybridized carbons (Fsp3) is 0.857. The first-order chi connectivity index (χ1) is 7.75. The van der Waals surface area contributed by atoms with Gasteiger partial charge in [-0.3, -0.25) is 0 Å². The minimum atomic E-state index is 0.578. The quantitative estimate of drug-likeness (QED) is 0.193. The van der Waals surface area contributed by atoms with E-state index in [0.29, 0.717) is 21.2 Å². The van der Waals surface area contributed by atoms with Crippen molar-refractivity contribution in [3.05, 3.63) is 11.1 Å². The third-order valence-corrected chi connectivity index (χ3v) is 10.8. The predicted molar refractivity (Wildman–Crippen MR) is 63.2 cm³/mol. The summed E-state index contributed by atoms with van der Waals surface area (Å²) in [6, 6.07) is 0. The van der Waals surface area contributed by atoms with E-state index in [4.69, 9.17) is 0 Å². The molecule has 0 aromatic heterocycles. The van der Waals surface area contributed by atoms with E-state index >= 15 is 0 Å². The van der Waals surface area contributed by atoms with Gasteiger partial charge in [0, 0.05) is 0 Å². The van der Waals surface area contributed by atoms with Crippen LogP contribution in [0, 0.1) is 29.1 Å². The van der Waals surface area contributed by atoms with Crippen molar-refractivity contribution in [1.29, 1.82) is 0 Å². The van der Waals surface area contributed by atoms with E-state index < -0.39 is 0 Å². The van der Waals surface area contributed by atoms with E-state index in [1.165, 1.54) is 37.6 Å². The van der Waals surface area contributed by atoms with E-state index in [9.17, 15) is 0 Å². The number of hydrogen-bond donors (Lipinski definition) is 0. The molecule has 5 atom stereocenters. The Hall–Kier alpha value is 1.39. The van der Waals surface area contributed by atoms with Crippen LogP contribution in [0.4, 0.5) is 0 Å². The molecule has 16 heavy (non-hydrogen) atoms. The molecule has 0 amide bonds. The SMILES string of the molecule is CC12CCC3C4=C(C[I-]C4)CC3C1C2[CH2][Tl]. The first-order valence-corrected chi connectivity index (χ1v) is 12.9. The van der Waals surface area contributed by atoms with Crippen molar-refractivity contribution in [2.75, 3.05) is 8.86 Å². The molecular formula is C14H19ITl-. The standard InChI is InChI=1S/C14H19I.Tl/c1-8-13-11-5-9-6-15-7-12(9)10(11)3-4-14(8,13)2;/h8,10-11,13H,1,3-7H2,2H3;/q-1;. The van der Waals surface area contributed by atoms with Crippen LogP contribution >= 0.6 is 0 Å². The molecule has 0 radical (unpaired) electrons. The van der Waals surface area contributed by atoms with E-state index in [-0.39, 0.29) is 0 Å². The molecule has 86 valence electrons. The summed E-state index contributed by atoms with van der Waals surface area (Å²) in [6.45, 7) is 2.62. The molecule has 3 aliphatic carbocycles. The van der Waals surface area contributed by atoms with Crippen molar-refractivity contribution in [3.8, 4) is 0 Å². The third-order valence-electron chi connectivity index (χ3n) is 6.04. The topological polar surface area (TPSA) is 0 Å². The van der Waals surface area contributed by atoms with Gasteiger partial charge in [-0.05, 0) is 0 Å². The normalized spacial score (nSPS) is 54.0. The van der Waals surface area contributed by atoms with Gasteiger partial charge in [-0.25, -0.2) is 0 Å². The molecule has 1 aliphatic heterocycles. The summed E-state index contributed by atoms with van der Waals surface area (Å²) in [6.07, 6.45) is 4.70. The van der Waals surface area contributed by atoms with Crippen molar-refractivity contribution >= 4 is 25.8 Å². The van der Waals surface area contributed by atoms with Crippen LogP contribution in [-0.2, 0) is 0 Å². The van der Waals surface area contributed by atoms with Gasteiger partial charge in [-0.1, -0.05) is 0 Å². The van der Waals surface area contributed by atoms with E-state index in [2.05, 4.69) is 6.92 Å². The van der Waals surface area contributed by atoms with Crippen LogP contribution in [0.15, 0.2) is 11.1 Å². The van der Waals surface area contributed by atoms with Gasteiger partial charge in [0.25, 0.3) is 0 Å². The van der Waals surface area contributed by atoms with Crippen LogP contribution in [-0.4, -0.2) is 34.6 Å². The molecule has 2 saturated carbocycles. The molecule has 0 bridgehead atoms. The van der Waals surface area contributed by atoms with Crippen molar-refractivity contribution in [2.24, 2.45) is 29.1 Å². The van der Waals surface area contributed by atoms with Gasteiger partial charge in [0.2, 0.25) is 0 Å². The molecule has 5 unspecified atom stereocenters.